The van der Waals surface area contributed by atoms with E-state index in [1.165, 1.54) is 27.1 Å². The van der Waals surface area contributed by atoms with E-state index >= 15 is 0 Å². The summed E-state index contributed by atoms with van der Waals surface area (Å²) in [6, 6.07) is 40.6. The van der Waals surface area contributed by atoms with E-state index in [2.05, 4.69) is 124 Å². The zero-order valence-corrected chi connectivity index (χ0v) is 30.3. The van der Waals surface area contributed by atoms with Gasteiger partial charge in [-0.15, -0.1) is 0 Å². The first-order chi connectivity index (χ1) is 23.8. The maximum absolute atomic E-state index is 13.6. The van der Waals surface area contributed by atoms with E-state index in [0.29, 0.717) is 13.0 Å². The third-order valence-corrected chi connectivity index (χ3v) is 13.6. The van der Waals surface area contributed by atoms with E-state index < -0.39 is 15.1 Å². The van der Waals surface area contributed by atoms with Gasteiger partial charge in [0.1, 0.15) is 6.10 Å². The molecule has 0 amide bonds. The van der Waals surface area contributed by atoms with Crippen LogP contribution < -0.4 is 10.4 Å². The second kappa shape index (κ2) is 14.7. The van der Waals surface area contributed by atoms with Gasteiger partial charge in [-0.25, -0.2) is 0 Å². The molecule has 2 saturated heterocycles. The summed E-state index contributed by atoms with van der Waals surface area (Å²) >= 11 is 0. The van der Waals surface area contributed by atoms with Crippen LogP contribution in [0.4, 0.5) is 0 Å². The van der Waals surface area contributed by atoms with Crippen LogP contribution in [-0.2, 0) is 29.9 Å². The van der Waals surface area contributed by atoms with Crippen molar-refractivity contribution < 1.29 is 23.4 Å². The Morgan fingerprint density at radius 2 is 1.41 bits per heavy atom. The lowest BCUT2D eigenvalue weighted by molar-refractivity contribution is -0.202. The van der Waals surface area contributed by atoms with Crippen LogP contribution in [0.15, 0.2) is 115 Å². The predicted octanol–water partition coefficient (Wildman–Crippen LogP) is 7.35. The molecule has 4 aromatic rings. The number of cyclic esters (lactones) is 1. The molecule has 4 aromatic carbocycles. The van der Waals surface area contributed by atoms with Crippen molar-refractivity contribution in [2.45, 2.75) is 77.8 Å². The van der Waals surface area contributed by atoms with Gasteiger partial charge in [-0.3, -0.25) is 4.79 Å². The van der Waals surface area contributed by atoms with Crippen molar-refractivity contribution in [3.63, 3.8) is 0 Å². The van der Waals surface area contributed by atoms with Gasteiger partial charge >= 0.3 is 5.97 Å². The molecule has 3 aliphatic rings. The quantitative estimate of drug-likeness (QED) is 0.130. The summed E-state index contributed by atoms with van der Waals surface area (Å²) in [6.07, 6.45) is 4.42. The average Bonchev–Trinajstić information content (AvgIpc) is 3.44. The van der Waals surface area contributed by atoms with Crippen LogP contribution in [0.25, 0.3) is 11.1 Å². The van der Waals surface area contributed by atoms with E-state index in [1.54, 1.807) is 0 Å². The van der Waals surface area contributed by atoms with Crippen LogP contribution in [-0.4, -0.2) is 46.7 Å². The molecule has 49 heavy (non-hydrogen) atoms. The second-order valence-electron chi connectivity index (χ2n) is 15.4. The molecule has 2 unspecified atom stereocenters. The SMILES string of the molecule is CC(C)(C)[C@@H]1[C@H]2CC(=O)OC(CO[SiH](c3ccccc3)c3ccccc3)[C@@]2(Cc2ccc(-c3ccccc3)cc2)C[C@H]1OC1CCCCO1. The number of carbonyl (C=O) groups is 1. The van der Waals surface area contributed by atoms with Crippen LogP contribution >= 0.6 is 0 Å². The molecule has 0 spiro atoms. The molecule has 0 N–H and O–H groups in total. The minimum atomic E-state index is -2.08. The first kappa shape index (κ1) is 33.9. The van der Waals surface area contributed by atoms with E-state index in [-0.39, 0.29) is 41.0 Å². The highest BCUT2D eigenvalue weighted by molar-refractivity contribution is 6.80. The number of esters is 1. The second-order valence-corrected chi connectivity index (χ2v) is 17.8. The topological polar surface area (TPSA) is 54.0 Å². The maximum atomic E-state index is 13.6. The number of carbonyl (C=O) groups excluding carboxylic acids is 1. The first-order valence-electron chi connectivity index (χ1n) is 18.1. The minimum absolute atomic E-state index is 0.0509. The maximum Gasteiger partial charge on any atom is 0.306 e. The third-order valence-electron chi connectivity index (χ3n) is 11.1. The molecule has 2 heterocycles. The number of ether oxygens (including phenoxy) is 3. The zero-order valence-electron chi connectivity index (χ0n) is 29.1. The number of hydrogen-bond donors (Lipinski definition) is 0. The Labute approximate surface area is 293 Å². The molecule has 1 aliphatic carbocycles. The fourth-order valence-electron chi connectivity index (χ4n) is 8.95. The first-order valence-corrected chi connectivity index (χ1v) is 19.8. The smallest absolute Gasteiger partial charge is 0.306 e. The summed E-state index contributed by atoms with van der Waals surface area (Å²) in [5, 5.41) is 2.43. The number of benzene rings is 4. The van der Waals surface area contributed by atoms with E-state index in [0.717, 1.165) is 38.7 Å². The Balaban J connectivity index is 1.26. The molecule has 0 bridgehead atoms. The third kappa shape index (κ3) is 7.48. The van der Waals surface area contributed by atoms with E-state index in [9.17, 15) is 4.79 Å². The van der Waals surface area contributed by atoms with Crippen LogP contribution in [0, 0.1) is 22.7 Å². The van der Waals surface area contributed by atoms with Gasteiger partial charge in [0.05, 0.1) is 12.7 Å². The fourth-order valence-corrected chi connectivity index (χ4v) is 11.2. The Bertz CT molecular complexity index is 1610. The molecular weight excluding hydrogens is 625 g/mol. The highest BCUT2D eigenvalue weighted by Crippen LogP contribution is 2.61. The standard InChI is InChI=1S/C43H50O5Si/c1-42(2,3)41-36-27-39(44)48-38(30-46-49(34-17-9-5-10-18-34)35-19-11-6-12-20-35)43(36,29-37(41)47-40-21-13-14-26-45-40)28-31-22-24-33(25-23-31)32-15-7-4-8-16-32/h4-12,15-20,22-25,36-38,40-41,49H,13-14,21,26-30H2,1-3H3/t36-,37-,38?,40?,41-,43+/m1/s1. The van der Waals surface area contributed by atoms with Gasteiger partial charge < -0.3 is 18.6 Å². The monoisotopic (exact) mass is 674 g/mol. The Kier molecular flexibility index (Phi) is 10.2. The predicted molar refractivity (Wildman–Crippen MR) is 197 cm³/mol. The summed E-state index contributed by atoms with van der Waals surface area (Å²) in [5.74, 6) is 0.113. The van der Waals surface area contributed by atoms with E-state index in [4.69, 9.17) is 18.6 Å². The van der Waals surface area contributed by atoms with Crippen molar-refractivity contribution >= 4 is 25.4 Å². The average molecular weight is 675 g/mol. The van der Waals surface area contributed by atoms with Crippen molar-refractivity contribution in [1.82, 2.24) is 0 Å². The lowest BCUT2D eigenvalue weighted by atomic mass is 9.61. The largest absolute Gasteiger partial charge is 0.459 e. The summed E-state index contributed by atoms with van der Waals surface area (Å²) in [4.78, 5) is 13.6. The van der Waals surface area contributed by atoms with Crippen LogP contribution in [0.3, 0.4) is 0 Å². The minimum Gasteiger partial charge on any atom is -0.459 e. The summed E-state index contributed by atoms with van der Waals surface area (Å²) < 4.78 is 26.6. The Hall–Kier alpha value is -3.55. The van der Waals surface area contributed by atoms with Gasteiger partial charge in [0.25, 0.3) is 0 Å². The molecule has 1 saturated carbocycles. The molecule has 6 atom stereocenters. The highest BCUT2D eigenvalue weighted by Gasteiger charge is 2.64. The van der Waals surface area contributed by atoms with Crippen molar-refractivity contribution in [3.05, 3.63) is 121 Å². The normalized spacial score (nSPS) is 27.1. The van der Waals surface area contributed by atoms with Gasteiger partial charge in [0.2, 0.25) is 9.04 Å². The van der Waals surface area contributed by atoms with Gasteiger partial charge in [0, 0.05) is 18.4 Å². The molecule has 7 rings (SSSR count). The lowest BCUT2D eigenvalue weighted by Gasteiger charge is -2.48. The summed E-state index contributed by atoms with van der Waals surface area (Å²) in [7, 11) is -2.08. The van der Waals surface area contributed by atoms with Gasteiger partial charge in [0.15, 0.2) is 6.29 Å². The van der Waals surface area contributed by atoms with Gasteiger partial charge in [-0.2, -0.15) is 0 Å². The van der Waals surface area contributed by atoms with Gasteiger partial charge in [-0.1, -0.05) is 136 Å². The molecular formula is C43H50O5Si. The highest BCUT2D eigenvalue weighted by atomic mass is 28.3. The van der Waals surface area contributed by atoms with Crippen LogP contribution in [0.2, 0.25) is 0 Å². The van der Waals surface area contributed by atoms with Crippen molar-refractivity contribution in [2.75, 3.05) is 13.2 Å². The Morgan fingerprint density at radius 3 is 2.00 bits per heavy atom. The van der Waals surface area contributed by atoms with Crippen molar-refractivity contribution in [2.24, 2.45) is 22.7 Å². The van der Waals surface area contributed by atoms with Gasteiger partial charge in [-0.05, 0) is 76.4 Å². The molecule has 256 valence electrons. The molecule has 3 fully saturated rings. The van der Waals surface area contributed by atoms with Crippen molar-refractivity contribution in [1.29, 1.82) is 0 Å². The molecule has 6 heteroatoms. The van der Waals surface area contributed by atoms with Crippen molar-refractivity contribution in [3.8, 4) is 11.1 Å². The van der Waals surface area contributed by atoms with E-state index in [1.807, 2.05) is 12.1 Å². The Morgan fingerprint density at radius 1 is 0.796 bits per heavy atom. The molecule has 0 radical (unpaired) electrons. The van der Waals surface area contributed by atoms with Crippen LogP contribution in [0.1, 0.15) is 58.4 Å². The zero-order chi connectivity index (χ0) is 33.8. The summed E-state index contributed by atoms with van der Waals surface area (Å²) in [6.45, 7) is 8.01. The lowest BCUT2D eigenvalue weighted by Crippen LogP contribution is -2.54. The number of rotatable bonds is 10. The molecule has 2 aliphatic heterocycles. The fraction of sp³-hybridized carbons (Fsp3) is 0.419. The molecule has 5 nitrogen and oxygen atoms in total. The number of fused-ring (bicyclic) bond motifs is 1. The number of hydrogen-bond acceptors (Lipinski definition) is 5. The van der Waals surface area contributed by atoms with Crippen LogP contribution in [0.5, 0.6) is 0 Å². The molecule has 0 aromatic heterocycles. The summed E-state index contributed by atoms with van der Waals surface area (Å²) in [5.41, 5.74) is 3.20.